The fourth-order valence-corrected chi connectivity index (χ4v) is 2.08. The molecule has 2 nitrogen and oxygen atoms in total. The Bertz CT molecular complexity index is 411. The van der Waals surface area contributed by atoms with Gasteiger partial charge in [0.05, 0.1) is 7.11 Å². The predicted molar refractivity (Wildman–Crippen MR) is 57.5 cm³/mol. The van der Waals surface area contributed by atoms with E-state index < -0.39 is 0 Å². The molecule has 0 heterocycles. The van der Waals surface area contributed by atoms with E-state index in [0.29, 0.717) is 11.3 Å². The van der Waals surface area contributed by atoms with Crippen LogP contribution in [0.5, 0.6) is 5.75 Å². The van der Waals surface area contributed by atoms with E-state index in [4.69, 9.17) is 10.5 Å². The van der Waals surface area contributed by atoms with Gasteiger partial charge in [-0.05, 0) is 43.9 Å². The minimum Gasteiger partial charge on any atom is -0.496 e. The van der Waals surface area contributed by atoms with Gasteiger partial charge in [-0.2, -0.15) is 0 Å². The van der Waals surface area contributed by atoms with Gasteiger partial charge < -0.3 is 10.5 Å². The zero-order valence-electron chi connectivity index (χ0n) is 9.36. The van der Waals surface area contributed by atoms with Gasteiger partial charge >= 0.3 is 0 Å². The van der Waals surface area contributed by atoms with Crippen LogP contribution in [0.2, 0.25) is 0 Å². The molecule has 1 aliphatic rings. The second-order valence-corrected chi connectivity index (χ2v) is 4.35. The molecule has 15 heavy (non-hydrogen) atoms. The summed E-state index contributed by atoms with van der Waals surface area (Å²) in [5.41, 5.74) is 8.19. The summed E-state index contributed by atoms with van der Waals surface area (Å²) in [6.07, 6.45) is 1.86. The zero-order chi connectivity index (χ0) is 11.2. The van der Waals surface area contributed by atoms with E-state index >= 15 is 0 Å². The van der Waals surface area contributed by atoms with Crippen molar-refractivity contribution in [2.24, 2.45) is 5.73 Å². The maximum Gasteiger partial charge on any atom is 0.130 e. The van der Waals surface area contributed by atoms with Crippen LogP contribution < -0.4 is 10.5 Å². The van der Waals surface area contributed by atoms with Crippen LogP contribution in [0.3, 0.4) is 0 Å². The van der Waals surface area contributed by atoms with Crippen LogP contribution in [0, 0.1) is 19.7 Å². The maximum atomic E-state index is 13.6. The lowest BCUT2D eigenvalue weighted by Crippen LogP contribution is -2.21. The van der Waals surface area contributed by atoms with E-state index in [1.54, 1.807) is 20.1 Å². The fourth-order valence-electron chi connectivity index (χ4n) is 2.08. The standard InChI is InChI=1S/C12H16FNO/c1-7-9(12(14)4-5-12)6-10(13)8(2)11(7)15-3/h6H,4-5,14H2,1-3H3. The molecule has 1 aliphatic carbocycles. The molecule has 0 aromatic heterocycles. The van der Waals surface area contributed by atoms with Gasteiger partial charge in [0.25, 0.3) is 0 Å². The SMILES string of the molecule is COc1c(C)c(F)cc(C2(N)CC2)c1C. The van der Waals surface area contributed by atoms with E-state index in [1.165, 1.54) is 0 Å². The van der Waals surface area contributed by atoms with Crippen molar-refractivity contribution in [3.8, 4) is 5.75 Å². The van der Waals surface area contributed by atoms with E-state index in [1.807, 2.05) is 6.92 Å². The number of halogens is 1. The van der Waals surface area contributed by atoms with Crippen molar-refractivity contribution in [3.05, 3.63) is 28.6 Å². The van der Waals surface area contributed by atoms with Crippen LogP contribution in [0.25, 0.3) is 0 Å². The summed E-state index contributed by atoms with van der Waals surface area (Å²) < 4.78 is 18.9. The predicted octanol–water partition coefficient (Wildman–Crippen LogP) is 2.40. The molecule has 0 saturated heterocycles. The zero-order valence-corrected chi connectivity index (χ0v) is 9.36. The van der Waals surface area contributed by atoms with Crippen LogP contribution in [0.1, 0.15) is 29.5 Å². The van der Waals surface area contributed by atoms with Crippen molar-refractivity contribution >= 4 is 0 Å². The first-order valence-electron chi connectivity index (χ1n) is 5.12. The van der Waals surface area contributed by atoms with Crippen LogP contribution in [0.4, 0.5) is 4.39 Å². The van der Waals surface area contributed by atoms with Crippen molar-refractivity contribution in [3.63, 3.8) is 0 Å². The van der Waals surface area contributed by atoms with Crippen molar-refractivity contribution < 1.29 is 9.13 Å². The van der Waals surface area contributed by atoms with E-state index in [9.17, 15) is 4.39 Å². The lowest BCUT2D eigenvalue weighted by molar-refractivity contribution is 0.402. The Morgan fingerprint density at radius 3 is 2.40 bits per heavy atom. The Kier molecular flexibility index (Phi) is 2.23. The summed E-state index contributed by atoms with van der Waals surface area (Å²) in [5, 5.41) is 0. The molecule has 0 atom stereocenters. The molecule has 3 heteroatoms. The summed E-state index contributed by atoms with van der Waals surface area (Å²) in [6, 6.07) is 1.56. The number of methoxy groups -OCH3 is 1. The minimum atomic E-state index is -0.314. The molecule has 1 fully saturated rings. The van der Waals surface area contributed by atoms with Gasteiger partial charge in [0.1, 0.15) is 11.6 Å². The summed E-state index contributed by atoms with van der Waals surface area (Å²) >= 11 is 0. The highest BCUT2D eigenvalue weighted by atomic mass is 19.1. The first-order valence-corrected chi connectivity index (χ1v) is 5.12. The Labute approximate surface area is 89.2 Å². The van der Waals surface area contributed by atoms with E-state index in [0.717, 1.165) is 24.0 Å². The highest BCUT2D eigenvalue weighted by Gasteiger charge is 2.42. The molecule has 0 spiro atoms. The molecule has 0 radical (unpaired) electrons. The summed E-state index contributed by atoms with van der Waals surface area (Å²) in [4.78, 5) is 0. The first-order chi connectivity index (χ1) is 6.99. The molecule has 2 N–H and O–H groups in total. The van der Waals surface area contributed by atoms with Crippen molar-refractivity contribution in [2.45, 2.75) is 32.2 Å². The monoisotopic (exact) mass is 209 g/mol. The Morgan fingerprint density at radius 2 is 1.93 bits per heavy atom. The topological polar surface area (TPSA) is 35.2 Å². The Balaban J connectivity index is 2.62. The molecular formula is C12H16FNO. The van der Waals surface area contributed by atoms with Gasteiger partial charge in [-0.25, -0.2) is 4.39 Å². The van der Waals surface area contributed by atoms with E-state index in [2.05, 4.69) is 0 Å². The smallest absolute Gasteiger partial charge is 0.130 e. The molecule has 0 bridgehead atoms. The highest BCUT2D eigenvalue weighted by molar-refractivity contribution is 5.50. The third-order valence-electron chi connectivity index (χ3n) is 3.24. The van der Waals surface area contributed by atoms with Crippen LogP contribution in [0.15, 0.2) is 6.07 Å². The molecule has 1 aromatic rings. The second kappa shape index (κ2) is 3.20. The third-order valence-corrected chi connectivity index (χ3v) is 3.24. The van der Waals surface area contributed by atoms with Crippen molar-refractivity contribution in [1.29, 1.82) is 0 Å². The van der Waals surface area contributed by atoms with Crippen LogP contribution in [-0.2, 0) is 5.54 Å². The quantitative estimate of drug-likeness (QED) is 0.811. The molecular weight excluding hydrogens is 193 g/mol. The van der Waals surface area contributed by atoms with Gasteiger partial charge in [-0.1, -0.05) is 0 Å². The maximum absolute atomic E-state index is 13.6. The van der Waals surface area contributed by atoms with Crippen LogP contribution >= 0.6 is 0 Å². The van der Waals surface area contributed by atoms with Crippen molar-refractivity contribution in [1.82, 2.24) is 0 Å². The van der Waals surface area contributed by atoms with Gasteiger partial charge in [0.2, 0.25) is 0 Å². The number of hydrogen-bond acceptors (Lipinski definition) is 2. The van der Waals surface area contributed by atoms with Gasteiger partial charge in [0.15, 0.2) is 0 Å². The number of rotatable bonds is 2. The molecule has 1 saturated carbocycles. The Morgan fingerprint density at radius 1 is 1.33 bits per heavy atom. The second-order valence-electron chi connectivity index (χ2n) is 4.35. The van der Waals surface area contributed by atoms with Gasteiger partial charge in [-0.15, -0.1) is 0 Å². The third kappa shape index (κ3) is 1.51. The number of nitrogens with two attached hydrogens (primary N) is 1. The van der Waals surface area contributed by atoms with Gasteiger partial charge in [-0.3, -0.25) is 0 Å². The molecule has 0 aliphatic heterocycles. The average molecular weight is 209 g/mol. The summed E-state index contributed by atoms with van der Waals surface area (Å²) in [7, 11) is 1.56. The van der Waals surface area contributed by atoms with E-state index in [-0.39, 0.29) is 11.4 Å². The fraction of sp³-hybridized carbons (Fsp3) is 0.500. The highest BCUT2D eigenvalue weighted by Crippen LogP contribution is 2.46. The van der Waals surface area contributed by atoms with Crippen LogP contribution in [-0.4, -0.2) is 7.11 Å². The lowest BCUT2D eigenvalue weighted by Gasteiger charge is -2.18. The largest absolute Gasteiger partial charge is 0.496 e. The summed E-state index contributed by atoms with van der Waals surface area (Å²) in [5.74, 6) is 0.394. The number of hydrogen-bond donors (Lipinski definition) is 1. The minimum absolute atomic E-state index is 0.232. The molecule has 1 aromatic carbocycles. The first kappa shape index (κ1) is 10.4. The molecule has 0 amide bonds. The summed E-state index contributed by atoms with van der Waals surface area (Å²) in [6.45, 7) is 3.66. The number of ether oxygens (including phenoxy) is 1. The average Bonchev–Trinajstić information content (AvgIpc) is 2.92. The number of benzene rings is 1. The van der Waals surface area contributed by atoms with Crippen molar-refractivity contribution in [2.75, 3.05) is 7.11 Å². The normalized spacial score (nSPS) is 17.7. The lowest BCUT2D eigenvalue weighted by atomic mass is 9.96. The molecule has 2 rings (SSSR count). The molecule has 0 unspecified atom stereocenters. The molecule has 82 valence electrons. The Hall–Kier alpha value is -1.09. The van der Waals surface area contributed by atoms with Gasteiger partial charge in [0, 0.05) is 11.1 Å².